The lowest BCUT2D eigenvalue weighted by atomic mass is 10.2. The van der Waals surface area contributed by atoms with Gasteiger partial charge in [0.15, 0.2) is 0 Å². The summed E-state index contributed by atoms with van der Waals surface area (Å²) in [5.41, 5.74) is 2.42. The fourth-order valence-corrected chi connectivity index (χ4v) is 4.16. The van der Waals surface area contributed by atoms with E-state index in [-0.39, 0.29) is 5.91 Å². The number of amides is 1. The number of hydrogen-bond donors (Lipinski definition) is 0. The number of rotatable bonds is 6. The standard InChI is InChI=1S/C20H23ClN2OS/c21-19-9-5-4-8-18(19)15-25-16-20(24)23-12-10-22(11-13-23)14-17-6-2-1-3-7-17/h1-9H,10-16H2. The van der Waals surface area contributed by atoms with Crippen molar-refractivity contribution in [3.05, 3.63) is 70.7 Å². The fourth-order valence-electron chi connectivity index (χ4n) is 2.95. The molecule has 0 spiro atoms. The van der Waals surface area contributed by atoms with E-state index in [0.29, 0.717) is 5.75 Å². The van der Waals surface area contributed by atoms with Gasteiger partial charge in [-0.25, -0.2) is 0 Å². The van der Waals surface area contributed by atoms with E-state index in [1.807, 2.05) is 35.2 Å². The molecule has 5 heteroatoms. The summed E-state index contributed by atoms with van der Waals surface area (Å²) in [6, 6.07) is 18.3. The first-order valence-electron chi connectivity index (χ1n) is 8.57. The summed E-state index contributed by atoms with van der Waals surface area (Å²) in [5, 5.41) is 0.775. The van der Waals surface area contributed by atoms with Gasteiger partial charge >= 0.3 is 0 Å². The van der Waals surface area contributed by atoms with Crippen molar-refractivity contribution in [3.8, 4) is 0 Å². The Labute approximate surface area is 159 Å². The van der Waals surface area contributed by atoms with Crippen LogP contribution in [-0.2, 0) is 17.1 Å². The minimum Gasteiger partial charge on any atom is -0.339 e. The van der Waals surface area contributed by atoms with Crippen LogP contribution >= 0.6 is 23.4 Å². The molecule has 1 amide bonds. The smallest absolute Gasteiger partial charge is 0.232 e. The van der Waals surface area contributed by atoms with Crippen LogP contribution < -0.4 is 0 Å². The quantitative estimate of drug-likeness (QED) is 0.765. The van der Waals surface area contributed by atoms with E-state index in [1.165, 1.54) is 5.56 Å². The van der Waals surface area contributed by atoms with Crippen molar-refractivity contribution < 1.29 is 4.79 Å². The molecule has 0 bridgehead atoms. The predicted octanol–water partition coefficient (Wildman–Crippen LogP) is 3.92. The maximum Gasteiger partial charge on any atom is 0.232 e. The van der Waals surface area contributed by atoms with Crippen LogP contribution in [-0.4, -0.2) is 47.6 Å². The van der Waals surface area contributed by atoms with E-state index in [1.54, 1.807) is 11.8 Å². The number of benzene rings is 2. The van der Waals surface area contributed by atoms with Gasteiger partial charge in [-0.2, -0.15) is 0 Å². The Morgan fingerprint density at radius 3 is 2.36 bits per heavy atom. The molecule has 25 heavy (non-hydrogen) atoms. The highest BCUT2D eigenvalue weighted by Crippen LogP contribution is 2.21. The van der Waals surface area contributed by atoms with E-state index in [4.69, 9.17) is 11.6 Å². The summed E-state index contributed by atoms with van der Waals surface area (Å²) in [6.07, 6.45) is 0. The number of hydrogen-bond acceptors (Lipinski definition) is 3. The zero-order chi connectivity index (χ0) is 17.5. The Hall–Kier alpha value is -1.49. The van der Waals surface area contributed by atoms with Gasteiger partial charge in [0.05, 0.1) is 5.75 Å². The lowest BCUT2D eigenvalue weighted by molar-refractivity contribution is -0.130. The SMILES string of the molecule is O=C(CSCc1ccccc1Cl)N1CCN(Cc2ccccc2)CC1. The molecule has 3 rings (SSSR count). The molecule has 1 saturated heterocycles. The molecule has 0 unspecified atom stereocenters. The summed E-state index contributed by atoms with van der Waals surface area (Å²) in [5.74, 6) is 1.53. The third-order valence-corrected chi connectivity index (χ3v) is 5.75. The van der Waals surface area contributed by atoms with Crippen LogP contribution in [0.4, 0.5) is 0 Å². The maximum absolute atomic E-state index is 12.4. The Kier molecular flexibility index (Phi) is 6.79. The second kappa shape index (κ2) is 9.27. The van der Waals surface area contributed by atoms with Crippen molar-refractivity contribution in [2.24, 2.45) is 0 Å². The average Bonchev–Trinajstić information content (AvgIpc) is 2.65. The Morgan fingerprint density at radius 1 is 0.960 bits per heavy atom. The minimum atomic E-state index is 0.233. The van der Waals surface area contributed by atoms with Crippen molar-refractivity contribution >= 4 is 29.3 Å². The molecule has 1 fully saturated rings. The van der Waals surface area contributed by atoms with E-state index in [2.05, 4.69) is 29.2 Å². The Bertz CT molecular complexity index is 687. The molecular weight excluding hydrogens is 352 g/mol. The summed E-state index contributed by atoms with van der Waals surface area (Å²) in [4.78, 5) is 16.8. The lowest BCUT2D eigenvalue weighted by Crippen LogP contribution is -2.48. The highest BCUT2D eigenvalue weighted by atomic mass is 35.5. The van der Waals surface area contributed by atoms with E-state index >= 15 is 0 Å². The zero-order valence-electron chi connectivity index (χ0n) is 14.2. The third-order valence-electron chi connectivity index (χ3n) is 4.41. The topological polar surface area (TPSA) is 23.6 Å². The monoisotopic (exact) mass is 374 g/mol. The number of nitrogens with zero attached hydrogens (tertiary/aromatic N) is 2. The molecule has 0 aliphatic carbocycles. The normalized spacial score (nSPS) is 15.3. The van der Waals surface area contributed by atoms with Crippen LogP contribution in [0.15, 0.2) is 54.6 Å². The molecule has 1 aliphatic heterocycles. The molecule has 2 aromatic rings. The second-order valence-corrected chi connectivity index (χ2v) is 7.62. The molecule has 0 saturated carbocycles. The molecule has 3 nitrogen and oxygen atoms in total. The minimum absolute atomic E-state index is 0.233. The first kappa shape index (κ1) is 18.3. The molecule has 2 aromatic carbocycles. The number of carbonyl (C=O) groups is 1. The molecule has 0 aromatic heterocycles. The highest BCUT2D eigenvalue weighted by Gasteiger charge is 2.20. The fraction of sp³-hybridized carbons (Fsp3) is 0.350. The van der Waals surface area contributed by atoms with Crippen molar-refractivity contribution in [1.82, 2.24) is 9.80 Å². The van der Waals surface area contributed by atoms with Gasteiger partial charge in [0.25, 0.3) is 0 Å². The van der Waals surface area contributed by atoms with Crippen molar-refractivity contribution in [1.29, 1.82) is 0 Å². The molecule has 1 heterocycles. The van der Waals surface area contributed by atoms with Gasteiger partial charge in [-0.1, -0.05) is 60.1 Å². The summed E-state index contributed by atoms with van der Waals surface area (Å²) >= 11 is 7.79. The van der Waals surface area contributed by atoms with Gasteiger partial charge in [0.2, 0.25) is 5.91 Å². The molecule has 1 aliphatic rings. The summed E-state index contributed by atoms with van der Waals surface area (Å²) < 4.78 is 0. The van der Waals surface area contributed by atoms with Crippen LogP contribution in [0.3, 0.4) is 0 Å². The Balaban J connectivity index is 1.39. The van der Waals surface area contributed by atoms with Gasteiger partial charge in [0.1, 0.15) is 0 Å². The van der Waals surface area contributed by atoms with E-state index < -0.39 is 0 Å². The molecule has 0 atom stereocenters. The van der Waals surface area contributed by atoms with Gasteiger partial charge in [0, 0.05) is 43.5 Å². The van der Waals surface area contributed by atoms with E-state index in [0.717, 1.165) is 49.1 Å². The number of halogens is 1. The average molecular weight is 375 g/mol. The summed E-state index contributed by atoms with van der Waals surface area (Å²) in [7, 11) is 0. The first-order valence-corrected chi connectivity index (χ1v) is 10.1. The molecular formula is C20H23ClN2OS. The second-order valence-electron chi connectivity index (χ2n) is 6.23. The van der Waals surface area contributed by atoms with Crippen LogP contribution in [0.2, 0.25) is 5.02 Å². The number of thioether (sulfide) groups is 1. The van der Waals surface area contributed by atoms with Gasteiger partial charge < -0.3 is 4.90 Å². The lowest BCUT2D eigenvalue weighted by Gasteiger charge is -2.34. The number of carbonyl (C=O) groups excluding carboxylic acids is 1. The zero-order valence-corrected chi connectivity index (χ0v) is 15.8. The van der Waals surface area contributed by atoms with Gasteiger partial charge in [-0.3, -0.25) is 9.69 Å². The number of piperazine rings is 1. The van der Waals surface area contributed by atoms with Crippen LogP contribution in [0, 0.1) is 0 Å². The first-order chi connectivity index (χ1) is 12.2. The van der Waals surface area contributed by atoms with Crippen molar-refractivity contribution in [2.45, 2.75) is 12.3 Å². The van der Waals surface area contributed by atoms with Crippen LogP contribution in [0.5, 0.6) is 0 Å². The third kappa shape index (κ3) is 5.50. The Morgan fingerprint density at radius 2 is 1.64 bits per heavy atom. The van der Waals surface area contributed by atoms with Gasteiger partial charge in [-0.15, -0.1) is 11.8 Å². The van der Waals surface area contributed by atoms with Crippen molar-refractivity contribution in [2.75, 3.05) is 31.9 Å². The van der Waals surface area contributed by atoms with Crippen molar-refractivity contribution in [3.63, 3.8) is 0 Å². The molecule has 0 N–H and O–H groups in total. The predicted molar refractivity (Wildman–Crippen MR) is 106 cm³/mol. The summed E-state index contributed by atoms with van der Waals surface area (Å²) in [6.45, 7) is 4.48. The van der Waals surface area contributed by atoms with Crippen LogP contribution in [0.25, 0.3) is 0 Å². The molecule has 132 valence electrons. The maximum atomic E-state index is 12.4. The largest absolute Gasteiger partial charge is 0.339 e. The highest BCUT2D eigenvalue weighted by molar-refractivity contribution is 7.99. The molecule has 0 radical (unpaired) electrons. The van der Waals surface area contributed by atoms with Gasteiger partial charge in [-0.05, 0) is 17.2 Å². The van der Waals surface area contributed by atoms with Crippen LogP contribution in [0.1, 0.15) is 11.1 Å². The van der Waals surface area contributed by atoms with E-state index in [9.17, 15) is 4.79 Å².